The van der Waals surface area contributed by atoms with Gasteiger partial charge in [0.05, 0.1) is 5.02 Å². The van der Waals surface area contributed by atoms with Crippen molar-refractivity contribution in [3.63, 3.8) is 0 Å². The molecule has 0 atom stereocenters. The van der Waals surface area contributed by atoms with Crippen molar-refractivity contribution in [3.05, 3.63) is 28.2 Å². The molecule has 1 aliphatic heterocycles. The van der Waals surface area contributed by atoms with Crippen LogP contribution in [0.3, 0.4) is 0 Å². The van der Waals surface area contributed by atoms with Gasteiger partial charge in [-0.2, -0.15) is 0 Å². The molecular formula is C14H18Cl2N2O3. The highest BCUT2D eigenvalue weighted by molar-refractivity contribution is 6.35. The number of ether oxygens (including phenoxy) is 1. The van der Waals surface area contributed by atoms with Crippen molar-refractivity contribution < 1.29 is 14.6 Å². The van der Waals surface area contributed by atoms with E-state index in [-0.39, 0.29) is 6.04 Å². The molecule has 2 N–H and O–H groups in total. The van der Waals surface area contributed by atoms with Gasteiger partial charge in [-0.3, -0.25) is 4.90 Å². The van der Waals surface area contributed by atoms with Crippen LogP contribution in [0.15, 0.2) is 18.2 Å². The summed E-state index contributed by atoms with van der Waals surface area (Å²) in [5.41, 5.74) is 0. The minimum Gasteiger partial charge on any atom is -0.491 e. The van der Waals surface area contributed by atoms with Crippen molar-refractivity contribution in [1.29, 1.82) is 0 Å². The van der Waals surface area contributed by atoms with Gasteiger partial charge in [-0.1, -0.05) is 23.2 Å². The largest absolute Gasteiger partial charge is 0.491 e. The molecule has 1 saturated heterocycles. The van der Waals surface area contributed by atoms with Gasteiger partial charge in [0.25, 0.3) is 0 Å². The van der Waals surface area contributed by atoms with Crippen LogP contribution in [-0.4, -0.2) is 48.4 Å². The first-order valence-corrected chi connectivity index (χ1v) is 7.60. The molecule has 0 unspecified atom stereocenters. The number of nitrogens with one attached hydrogen (secondary N) is 1. The van der Waals surface area contributed by atoms with Crippen LogP contribution >= 0.6 is 23.2 Å². The van der Waals surface area contributed by atoms with Crippen LogP contribution in [0, 0.1) is 0 Å². The Morgan fingerprint density at radius 2 is 2.10 bits per heavy atom. The van der Waals surface area contributed by atoms with Crippen molar-refractivity contribution in [1.82, 2.24) is 10.2 Å². The van der Waals surface area contributed by atoms with Gasteiger partial charge < -0.3 is 15.2 Å². The number of likely N-dealkylation sites (tertiary alicyclic amines) is 1. The molecule has 1 aromatic carbocycles. The first-order valence-electron chi connectivity index (χ1n) is 6.84. The summed E-state index contributed by atoms with van der Waals surface area (Å²) in [6.07, 6.45) is 0.705. The van der Waals surface area contributed by atoms with Gasteiger partial charge in [-0.05, 0) is 31.0 Å². The minimum absolute atomic E-state index is 0.0605. The molecule has 0 radical (unpaired) electrons. The SMILES string of the molecule is O=C(O)NC1CCN(CCOc2ccc(Cl)cc2Cl)CC1. The third-order valence-electron chi connectivity index (χ3n) is 3.47. The average Bonchev–Trinajstić information content (AvgIpc) is 2.42. The monoisotopic (exact) mass is 332 g/mol. The van der Waals surface area contributed by atoms with Crippen LogP contribution in [0.25, 0.3) is 0 Å². The van der Waals surface area contributed by atoms with Gasteiger partial charge in [-0.25, -0.2) is 4.79 Å². The van der Waals surface area contributed by atoms with E-state index in [1.54, 1.807) is 18.2 Å². The summed E-state index contributed by atoms with van der Waals surface area (Å²) in [4.78, 5) is 12.8. The number of halogens is 2. The summed E-state index contributed by atoms with van der Waals surface area (Å²) < 4.78 is 5.64. The number of benzene rings is 1. The molecule has 1 heterocycles. The van der Waals surface area contributed by atoms with Gasteiger partial charge in [0.2, 0.25) is 0 Å². The maximum atomic E-state index is 10.6. The van der Waals surface area contributed by atoms with Crippen LogP contribution in [0.5, 0.6) is 5.75 Å². The van der Waals surface area contributed by atoms with Crippen molar-refractivity contribution in [2.24, 2.45) is 0 Å². The summed E-state index contributed by atoms with van der Waals surface area (Å²) in [5.74, 6) is 0.628. The number of nitrogens with zero attached hydrogens (tertiary/aromatic N) is 1. The molecule has 0 aromatic heterocycles. The topological polar surface area (TPSA) is 61.8 Å². The molecular weight excluding hydrogens is 315 g/mol. The van der Waals surface area contributed by atoms with Crippen LogP contribution in [-0.2, 0) is 0 Å². The van der Waals surface area contributed by atoms with Gasteiger partial charge in [-0.15, -0.1) is 0 Å². The summed E-state index contributed by atoms with van der Waals surface area (Å²) in [6, 6.07) is 5.21. The normalized spacial score (nSPS) is 16.7. The molecule has 0 bridgehead atoms. The van der Waals surface area contributed by atoms with E-state index in [0.717, 1.165) is 32.5 Å². The molecule has 0 spiro atoms. The highest BCUT2D eigenvalue weighted by atomic mass is 35.5. The van der Waals surface area contributed by atoms with Crippen molar-refractivity contribution >= 4 is 29.3 Å². The minimum atomic E-state index is -0.950. The van der Waals surface area contributed by atoms with E-state index >= 15 is 0 Å². The smallest absolute Gasteiger partial charge is 0.404 e. The molecule has 5 nitrogen and oxygen atoms in total. The van der Waals surface area contributed by atoms with E-state index in [1.165, 1.54) is 0 Å². The Labute approximate surface area is 133 Å². The Morgan fingerprint density at radius 1 is 1.38 bits per heavy atom. The molecule has 1 aromatic rings. The third kappa shape index (κ3) is 5.26. The van der Waals surface area contributed by atoms with E-state index in [2.05, 4.69) is 10.2 Å². The first-order chi connectivity index (χ1) is 10.0. The Bertz CT molecular complexity index is 491. The van der Waals surface area contributed by atoms with Gasteiger partial charge >= 0.3 is 6.09 Å². The Kier molecular flexibility index (Phi) is 5.96. The summed E-state index contributed by atoms with van der Waals surface area (Å²) in [5, 5.41) is 12.3. The van der Waals surface area contributed by atoms with Gasteiger partial charge in [0.1, 0.15) is 12.4 Å². The summed E-state index contributed by atoms with van der Waals surface area (Å²) in [6.45, 7) is 3.06. The van der Waals surface area contributed by atoms with Crippen LogP contribution in [0.2, 0.25) is 10.0 Å². The second-order valence-corrected chi connectivity index (χ2v) is 5.83. The Morgan fingerprint density at radius 3 is 2.71 bits per heavy atom. The Hall–Kier alpha value is -1.17. The zero-order valence-corrected chi connectivity index (χ0v) is 13.0. The Balaban J connectivity index is 1.69. The van der Waals surface area contributed by atoms with Crippen molar-refractivity contribution in [3.8, 4) is 5.75 Å². The lowest BCUT2D eigenvalue weighted by atomic mass is 10.1. The zero-order chi connectivity index (χ0) is 15.2. The predicted octanol–water partition coefficient (Wildman–Crippen LogP) is 3.10. The third-order valence-corrected chi connectivity index (χ3v) is 4.00. The number of carboxylic acid groups (broad SMARTS) is 1. The highest BCUT2D eigenvalue weighted by Crippen LogP contribution is 2.27. The fraction of sp³-hybridized carbons (Fsp3) is 0.500. The molecule has 7 heteroatoms. The van der Waals surface area contributed by atoms with Gasteiger partial charge in [0, 0.05) is 30.7 Å². The number of hydrogen-bond acceptors (Lipinski definition) is 3. The molecule has 2 rings (SSSR count). The predicted molar refractivity (Wildman–Crippen MR) is 82.6 cm³/mol. The molecule has 1 fully saturated rings. The number of carbonyl (C=O) groups is 1. The lowest BCUT2D eigenvalue weighted by Crippen LogP contribution is -2.45. The number of piperidine rings is 1. The maximum absolute atomic E-state index is 10.6. The van der Waals surface area contributed by atoms with Crippen molar-refractivity contribution in [2.45, 2.75) is 18.9 Å². The van der Waals surface area contributed by atoms with Crippen LogP contribution < -0.4 is 10.1 Å². The number of rotatable bonds is 5. The summed E-state index contributed by atoms with van der Waals surface area (Å²) >= 11 is 11.9. The fourth-order valence-electron chi connectivity index (χ4n) is 2.35. The molecule has 1 aliphatic rings. The second-order valence-electron chi connectivity index (χ2n) is 4.99. The standard InChI is InChI=1S/C14H18Cl2N2O3/c15-10-1-2-13(12(16)9-10)21-8-7-18-5-3-11(4-6-18)17-14(19)20/h1-2,9,11,17H,3-8H2,(H,19,20). The first kappa shape index (κ1) is 16.2. The number of amides is 1. The van der Waals surface area contributed by atoms with E-state index in [4.69, 9.17) is 33.0 Å². The molecule has 0 saturated carbocycles. The molecule has 116 valence electrons. The van der Waals surface area contributed by atoms with Gasteiger partial charge in [0.15, 0.2) is 0 Å². The molecule has 0 aliphatic carbocycles. The van der Waals surface area contributed by atoms with Crippen molar-refractivity contribution in [2.75, 3.05) is 26.2 Å². The summed E-state index contributed by atoms with van der Waals surface area (Å²) in [7, 11) is 0. The zero-order valence-electron chi connectivity index (χ0n) is 11.5. The van der Waals surface area contributed by atoms with E-state index in [1.807, 2.05) is 0 Å². The second kappa shape index (κ2) is 7.73. The molecule has 21 heavy (non-hydrogen) atoms. The van der Waals surface area contributed by atoms with E-state index in [0.29, 0.717) is 22.4 Å². The quantitative estimate of drug-likeness (QED) is 0.869. The highest BCUT2D eigenvalue weighted by Gasteiger charge is 2.20. The molecule has 1 amide bonds. The van der Waals surface area contributed by atoms with E-state index < -0.39 is 6.09 Å². The maximum Gasteiger partial charge on any atom is 0.404 e. The van der Waals surface area contributed by atoms with Crippen LogP contribution in [0.4, 0.5) is 4.79 Å². The number of hydrogen-bond donors (Lipinski definition) is 2. The lowest BCUT2D eigenvalue weighted by molar-refractivity contribution is 0.153. The average molecular weight is 333 g/mol. The van der Waals surface area contributed by atoms with E-state index in [9.17, 15) is 4.79 Å². The fourth-order valence-corrected chi connectivity index (χ4v) is 2.82. The van der Waals surface area contributed by atoms with Crippen LogP contribution in [0.1, 0.15) is 12.8 Å². The lowest BCUT2D eigenvalue weighted by Gasteiger charge is -2.31.